The molecule has 2 rings (SSSR count). The minimum atomic E-state index is -3.78. The van der Waals surface area contributed by atoms with E-state index in [-0.39, 0.29) is 16.7 Å². The fourth-order valence-electron chi connectivity index (χ4n) is 1.86. The molecule has 112 valence electrons. The van der Waals surface area contributed by atoms with Crippen molar-refractivity contribution in [3.63, 3.8) is 0 Å². The normalized spacial score (nSPS) is 11.3. The minimum Gasteiger partial charge on any atom is -0.396 e. The van der Waals surface area contributed by atoms with Gasteiger partial charge in [0.25, 0.3) is 10.0 Å². The third-order valence-electron chi connectivity index (χ3n) is 2.82. The zero-order valence-electron chi connectivity index (χ0n) is 11.2. The smallest absolute Gasteiger partial charge is 0.264 e. The number of aryl methyl sites for hydroxylation is 1. The summed E-state index contributed by atoms with van der Waals surface area (Å²) in [4.78, 5) is 3.70. The zero-order chi connectivity index (χ0) is 15.3. The standard InChI is InChI=1S/C14H15ClN2O3S/c15-14-13(7-2-8-16-14)21(19,20)17-12-6-1-4-11(10-12)5-3-9-18/h1-2,4,6-8,10,17-18H,3,5,9H2. The van der Waals surface area contributed by atoms with E-state index >= 15 is 0 Å². The average molecular weight is 327 g/mol. The zero-order valence-corrected chi connectivity index (χ0v) is 12.7. The first-order valence-corrected chi connectivity index (χ1v) is 8.22. The highest BCUT2D eigenvalue weighted by Gasteiger charge is 2.18. The average Bonchev–Trinajstić information content (AvgIpc) is 2.45. The monoisotopic (exact) mass is 326 g/mol. The Hall–Kier alpha value is -1.63. The molecule has 0 fully saturated rings. The summed E-state index contributed by atoms with van der Waals surface area (Å²) in [6.45, 7) is 0.0985. The molecule has 7 heteroatoms. The quantitative estimate of drug-likeness (QED) is 0.799. The first-order chi connectivity index (χ1) is 10.0. The summed E-state index contributed by atoms with van der Waals surface area (Å²) in [6, 6.07) is 9.94. The largest absolute Gasteiger partial charge is 0.396 e. The summed E-state index contributed by atoms with van der Waals surface area (Å²) in [5, 5.41) is 8.76. The van der Waals surface area contributed by atoms with E-state index in [0.29, 0.717) is 18.5 Å². The van der Waals surface area contributed by atoms with Crippen LogP contribution in [0.4, 0.5) is 5.69 Å². The molecule has 0 saturated heterocycles. The Bertz CT molecular complexity index is 720. The molecular formula is C14H15ClN2O3S. The highest BCUT2D eigenvalue weighted by atomic mass is 35.5. The van der Waals surface area contributed by atoms with Crippen LogP contribution in [0, 0.1) is 0 Å². The molecule has 1 aromatic carbocycles. The lowest BCUT2D eigenvalue weighted by molar-refractivity contribution is 0.288. The molecule has 21 heavy (non-hydrogen) atoms. The van der Waals surface area contributed by atoms with Gasteiger partial charge in [-0.3, -0.25) is 4.72 Å². The molecule has 0 amide bonds. The fourth-order valence-corrected chi connectivity index (χ4v) is 3.36. The molecule has 0 unspecified atom stereocenters. The molecule has 5 nitrogen and oxygen atoms in total. The molecule has 2 N–H and O–H groups in total. The van der Waals surface area contributed by atoms with Gasteiger partial charge in [0.1, 0.15) is 10.0 Å². The van der Waals surface area contributed by atoms with Crippen molar-refractivity contribution in [1.82, 2.24) is 4.98 Å². The van der Waals surface area contributed by atoms with Crippen molar-refractivity contribution in [3.05, 3.63) is 53.3 Å². The molecule has 0 bridgehead atoms. The van der Waals surface area contributed by atoms with Gasteiger partial charge < -0.3 is 5.11 Å². The van der Waals surface area contributed by atoms with Crippen LogP contribution in [0.1, 0.15) is 12.0 Å². The second-order valence-electron chi connectivity index (χ2n) is 4.43. The van der Waals surface area contributed by atoms with Crippen molar-refractivity contribution in [2.75, 3.05) is 11.3 Å². The summed E-state index contributed by atoms with van der Waals surface area (Å²) in [7, 11) is -3.78. The molecular weight excluding hydrogens is 312 g/mol. The molecule has 1 heterocycles. The number of aromatic nitrogens is 1. The number of pyridine rings is 1. The van der Waals surface area contributed by atoms with E-state index in [2.05, 4.69) is 9.71 Å². The molecule has 0 aliphatic heterocycles. The third kappa shape index (κ3) is 4.17. The number of nitrogens with zero attached hydrogens (tertiary/aromatic N) is 1. The molecule has 0 atom stereocenters. The lowest BCUT2D eigenvalue weighted by atomic mass is 10.1. The summed E-state index contributed by atoms with van der Waals surface area (Å²) in [6.07, 6.45) is 2.74. The van der Waals surface area contributed by atoms with Gasteiger partial charge in [0, 0.05) is 18.5 Å². The maximum absolute atomic E-state index is 12.3. The molecule has 0 radical (unpaired) electrons. The molecule has 0 spiro atoms. The maximum atomic E-state index is 12.3. The summed E-state index contributed by atoms with van der Waals surface area (Å²) >= 11 is 5.82. The Morgan fingerprint density at radius 1 is 1.24 bits per heavy atom. The number of rotatable bonds is 6. The van der Waals surface area contributed by atoms with Crippen LogP contribution in [0.2, 0.25) is 5.15 Å². The van der Waals surface area contributed by atoms with Crippen molar-refractivity contribution in [3.8, 4) is 0 Å². The van der Waals surface area contributed by atoms with Gasteiger partial charge in [-0.15, -0.1) is 0 Å². The van der Waals surface area contributed by atoms with Crippen LogP contribution in [0.5, 0.6) is 0 Å². The van der Waals surface area contributed by atoms with Gasteiger partial charge in [0.05, 0.1) is 0 Å². The second kappa shape index (κ2) is 6.89. The number of anilines is 1. The SMILES string of the molecule is O=S(=O)(Nc1cccc(CCCO)c1)c1cccnc1Cl. The fraction of sp³-hybridized carbons (Fsp3) is 0.214. The van der Waals surface area contributed by atoms with Gasteiger partial charge in [-0.1, -0.05) is 23.7 Å². The Kier molecular flexibility index (Phi) is 5.17. The number of halogens is 1. The number of aliphatic hydroxyl groups is 1. The van der Waals surface area contributed by atoms with Gasteiger partial charge >= 0.3 is 0 Å². The van der Waals surface area contributed by atoms with E-state index in [9.17, 15) is 8.42 Å². The number of aliphatic hydroxyl groups excluding tert-OH is 1. The van der Waals surface area contributed by atoms with E-state index in [0.717, 1.165) is 5.56 Å². The summed E-state index contributed by atoms with van der Waals surface area (Å²) < 4.78 is 27.0. The van der Waals surface area contributed by atoms with Crippen molar-refractivity contribution in [1.29, 1.82) is 0 Å². The highest BCUT2D eigenvalue weighted by molar-refractivity contribution is 7.92. The number of hydrogen-bond acceptors (Lipinski definition) is 4. The van der Waals surface area contributed by atoms with Crippen LogP contribution in [0.25, 0.3) is 0 Å². The van der Waals surface area contributed by atoms with Gasteiger partial charge in [-0.2, -0.15) is 0 Å². The van der Waals surface area contributed by atoms with Crippen molar-refractivity contribution >= 4 is 27.3 Å². The van der Waals surface area contributed by atoms with E-state index in [1.54, 1.807) is 18.2 Å². The van der Waals surface area contributed by atoms with Crippen LogP contribution < -0.4 is 4.72 Å². The lowest BCUT2D eigenvalue weighted by Gasteiger charge is -2.10. The Morgan fingerprint density at radius 2 is 2.05 bits per heavy atom. The molecule has 0 saturated carbocycles. The topological polar surface area (TPSA) is 79.3 Å². The number of nitrogens with one attached hydrogen (secondary N) is 1. The van der Waals surface area contributed by atoms with Crippen molar-refractivity contribution < 1.29 is 13.5 Å². The molecule has 0 aliphatic carbocycles. The van der Waals surface area contributed by atoms with Crippen LogP contribution in [0.15, 0.2) is 47.5 Å². The lowest BCUT2D eigenvalue weighted by Crippen LogP contribution is -2.14. The molecule has 0 aliphatic rings. The highest BCUT2D eigenvalue weighted by Crippen LogP contribution is 2.22. The van der Waals surface area contributed by atoms with Gasteiger partial charge in [0.2, 0.25) is 0 Å². The van der Waals surface area contributed by atoms with Crippen molar-refractivity contribution in [2.45, 2.75) is 17.7 Å². The predicted molar refractivity (Wildman–Crippen MR) is 81.9 cm³/mol. The first kappa shape index (κ1) is 15.8. The summed E-state index contributed by atoms with van der Waals surface area (Å²) in [5.74, 6) is 0. The van der Waals surface area contributed by atoms with Crippen LogP contribution >= 0.6 is 11.6 Å². The van der Waals surface area contributed by atoms with Crippen molar-refractivity contribution in [2.24, 2.45) is 0 Å². The Morgan fingerprint density at radius 3 is 2.76 bits per heavy atom. The van der Waals surface area contributed by atoms with Gasteiger partial charge in [-0.25, -0.2) is 13.4 Å². The third-order valence-corrected chi connectivity index (χ3v) is 4.64. The first-order valence-electron chi connectivity index (χ1n) is 6.36. The van der Waals surface area contributed by atoms with Gasteiger partial charge in [0.15, 0.2) is 0 Å². The van der Waals surface area contributed by atoms with Gasteiger partial charge in [-0.05, 0) is 42.7 Å². The number of hydrogen-bond donors (Lipinski definition) is 2. The van der Waals surface area contributed by atoms with E-state index < -0.39 is 10.0 Å². The Balaban J connectivity index is 2.23. The second-order valence-corrected chi connectivity index (χ2v) is 6.43. The van der Waals surface area contributed by atoms with Crippen LogP contribution in [0.3, 0.4) is 0 Å². The number of sulfonamides is 1. The van der Waals surface area contributed by atoms with E-state index in [1.807, 2.05) is 6.07 Å². The van der Waals surface area contributed by atoms with E-state index in [4.69, 9.17) is 16.7 Å². The van der Waals surface area contributed by atoms with Crippen LogP contribution in [-0.2, 0) is 16.4 Å². The Labute approximate surface area is 128 Å². The predicted octanol–water partition coefficient (Wildman–Crippen LogP) is 2.46. The molecule has 1 aromatic heterocycles. The molecule has 2 aromatic rings. The van der Waals surface area contributed by atoms with Crippen LogP contribution in [-0.4, -0.2) is 25.1 Å². The number of benzene rings is 1. The maximum Gasteiger partial charge on any atom is 0.264 e. The minimum absolute atomic E-state index is 0.0626. The van der Waals surface area contributed by atoms with E-state index in [1.165, 1.54) is 18.3 Å². The summed E-state index contributed by atoms with van der Waals surface area (Å²) in [5.41, 5.74) is 1.40.